The number of hydrazine groups is 1. The summed E-state index contributed by atoms with van der Waals surface area (Å²) in [5.41, 5.74) is 4.94. The van der Waals surface area contributed by atoms with Crippen molar-refractivity contribution in [1.82, 2.24) is 10.9 Å². The van der Waals surface area contributed by atoms with Crippen molar-refractivity contribution in [3.05, 3.63) is 34.3 Å². The minimum absolute atomic E-state index is 0.171. The van der Waals surface area contributed by atoms with Gasteiger partial charge in [0.05, 0.1) is 5.41 Å². The molecule has 1 aromatic carbocycles. The van der Waals surface area contributed by atoms with E-state index in [1.165, 1.54) is 0 Å². The summed E-state index contributed by atoms with van der Waals surface area (Å²) in [5, 5.41) is 0. The summed E-state index contributed by atoms with van der Waals surface area (Å²) in [5.74, 6) is -0.499. The zero-order valence-corrected chi connectivity index (χ0v) is 12.8. The molecule has 0 radical (unpaired) electrons. The van der Waals surface area contributed by atoms with Gasteiger partial charge in [0.25, 0.3) is 5.91 Å². The van der Waals surface area contributed by atoms with E-state index in [-0.39, 0.29) is 16.6 Å². The monoisotopic (exact) mass is 374 g/mol. The van der Waals surface area contributed by atoms with Crippen LogP contribution in [-0.2, 0) is 4.79 Å². The molecule has 96 valence electrons. The Balaban J connectivity index is 1.89. The van der Waals surface area contributed by atoms with E-state index >= 15 is 0 Å². The molecule has 1 aromatic rings. The first kappa shape index (κ1) is 13.5. The third-order valence-electron chi connectivity index (χ3n) is 3.05. The topological polar surface area (TPSA) is 58.2 Å². The first-order valence-corrected chi connectivity index (χ1v) is 7.15. The number of rotatable bonds is 2. The zero-order chi connectivity index (χ0) is 13.3. The lowest BCUT2D eigenvalue weighted by atomic mass is 10.1. The van der Waals surface area contributed by atoms with Crippen molar-refractivity contribution in [2.75, 3.05) is 0 Å². The lowest BCUT2D eigenvalue weighted by molar-refractivity contribution is -0.126. The van der Waals surface area contributed by atoms with Gasteiger partial charge in [0.1, 0.15) is 0 Å². The molecule has 0 saturated heterocycles. The molecular weight excluding hydrogens is 364 g/mol. The van der Waals surface area contributed by atoms with Crippen LogP contribution in [0.5, 0.6) is 0 Å². The number of benzene rings is 1. The van der Waals surface area contributed by atoms with Crippen molar-refractivity contribution in [2.45, 2.75) is 18.2 Å². The molecule has 18 heavy (non-hydrogen) atoms. The molecule has 1 aliphatic carbocycles. The molecule has 2 N–H and O–H groups in total. The van der Waals surface area contributed by atoms with E-state index in [1.54, 1.807) is 24.3 Å². The number of hydrogen-bond acceptors (Lipinski definition) is 2. The summed E-state index contributed by atoms with van der Waals surface area (Å²) >= 11 is 6.68. The van der Waals surface area contributed by atoms with Crippen LogP contribution in [0.2, 0.25) is 0 Å². The number of alkyl halides is 1. The standard InChI is InChI=1S/C12H12Br2N2O2/c1-12(6-9(12)14)11(18)16-15-10(17)7-2-4-8(13)5-3-7/h2-5,9H,6H2,1H3,(H,15,17)(H,16,18)/t9-,12-/m1/s1. The Bertz CT molecular complexity index is 489. The van der Waals surface area contributed by atoms with Crippen LogP contribution in [0.25, 0.3) is 0 Å². The Hall–Kier alpha value is -0.880. The van der Waals surface area contributed by atoms with Crippen LogP contribution < -0.4 is 10.9 Å². The predicted molar refractivity (Wildman–Crippen MR) is 75.2 cm³/mol. The van der Waals surface area contributed by atoms with Gasteiger partial charge in [-0.2, -0.15) is 0 Å². The van der Waals surface area contributed by atoms with Gasteiger partial charge in [-0.15, -0.1) is 0 Å². The summed E-state index contributed by atoms with van der Waals surface area (Å²) in [6.45, 7) is 1.85. The molecule has 0 bridgehead atoms. The molecule has 1 fully saturated rings. The highest BCUT2D eigenvalue weighted by Gasteiger charge is 2.54. The van der Waals surface area contributed by atoms with Gasteiger partial charge in [-0.05, 0) is 37.6 Å². The number of amides is 2. The Morgan fingerprint density at radius 3 is 2.33 bits per heavy atom. The largest absolute Gasteiger partial charge is 0.273 e. The SMILES string of the molecule is C[C@@]1(C(=O)NNC(=O)c2ccc(Br)cc2)C[C@H]1Br. The van der Waals surface area contributed by atoms with Crippen LogP contribution in [0.4, 0.5) is 0 Å². The van der Waals surface area contributed by atoms with Crippen LogP contribution in [0.15, 0.2) is 28.7 Å². The molecule has 6 heteroatoms. The second-order valence-corrected chi connectivity index (χ2v) is 6.53. The van der Waals surface area contributed by atoms with Crippen LogP contribution >= 0.6 is 31.9 Å². The van der Waals surface area contributed by atoms with Gasteiger partial charge in [0, 0.05) is 14.9 Å². The molecule has 2 atom stereocenters. The van der Waals surface area contributed by atoms with Gasteiger partial charge < -0.3 is 0 Å². The highest BCUT2D eigenvalue weighted by Crippen LogP contribution is 2.51. The first-order valence-electron chi connectivity index (χ1n) is 5.44. The Kier molecular flexibility index (Phi) is 3.77. The quantitative estimate of drug-likeness (QED) is 0.615. The Morgan fingerprint density at radius 2 is 1.83 bits per heavy atom. The lowest BCUT2D eigenvalue weighted by Gasteiger charge is -2.11. The summed E-state index contributed by atoms with van der Waals surface area (Å²) in [4.78, 5) is 23.7. The minimum atomic E-state index is -0.410. The molecule has 1 aliphatic rings. The van der Waals surface area contributed by atoms with E-state index in [0.29, 0.717) is 5.56 Å². The van der Waals surface area contributed by atoms with Crippen molar-refractivity contribution in [2.24, 2.45) is 5.41 Å². The van der Waals surface area contributed by atoms with Gasteiger partial charge in [0.15, 0.2) is 0 Å². The van der Waals surface area contributed by atoms with Gasteiger partial charge in [-0.25, -0.2) is 0 Å². The molecule has 1 saturated carbocycles. The molecule has 2 rings (SSSR count). The average Bonchev–Trinajstić information content (AvgIpc) is 2.96. The maximum Gasteiger partial charge on any atom is 0.269 e. The summed E-state index contributed by atoms with van der Waals surface area (Å²) < 4.78 is 0.899. The summed E-state index contributed by atoms with van der Waals surface area (Å²) in [6.07, 6.45) is 0.785. The second-order valence-electron chi connectivity index (χ2n) is 4.50. The Labute approximate surface area is 122 Å². The lowest BCUT2D eigenvalue weighted by Crippen LogP contribution is -2.45. The van der Waals surface area contributed by atoms with Crippen LogP contribution in [0, 0.1) is 5.41 Å². The fourth-order valence-corrected chi connectivity index (χ4v) is 2.62. The third-order valence-corrected chi connectivity index (χ3v) is 4.91. The fraction of sp³-hybridized carbons (Fsp3) is 0.333. The van der Waals surface area contributed by atoms with Gasteiger partial charge in [-0.3, -0.25) is 20.4 Å². The molecular formula is C12H12Br2N2O2. The number of hydrogen-bond donors (Lipinski definition) is 2. The first-order chi connectivity index (χ1) is 8.43. The van der Waals surface area contributed by atoms with Crippen LogP contribution in [-0.4, -0.2) is 16.6 Å². The van der Waals surface area contributed by atoms with Gasteiger partial charge in [0.2, 0.25) is 5.91 Å². The average molecular weight is 376 g/mol. The van der Waals surface area contributed by atoms with E-state index < -0.39 is 5.41 Å². The normalized spacial score (nSPS) is 25.4. The van der Waals surface area contributed by atoms with E-state index in [1.807, 2.05) is 6.92 Å². The molecule has 0 heterocycles. The maximum atomic E-state index is 11.8. The second kappa shape index (κ2) is 5.01. The van der Waals surface area contributed by atoms with Crippen molar-refractivity contribution in [3.8, 4) is 0 Å². The number of carbonyl (C=O) groups excluding carboxylic acids is 2. The number of carbonyl (C=O) groups is 2. The number of nitrogens with one attached hydrogen (secondary N) is 2. The Morgan fingerprint density at radius 1 is 1.28 bits per heavy atom. The predicted octanol–water partition coefficient (Wildman–Crippen LogP) is 2.38. The summed E-state index contributed by atoms with van der Waals surface area (Å²) in [6, 6.07) is 6.90. The van der Waals surface area contributed by atoms with E-state index in [9.17, 15) is 9.59 Å². The third kappa shape index (κ3) is 2.75. The maximum absolute atomic E-state index is 11.8. The van der Waals surface area contributed by atoms with Crippen molar-refractivity contribution >= 4 is 43.7 Å². The molecule has 0 spiro atoms. The fourth-order valence-electron chi connectivity index (χ4n) is 1.48. The van der Waals surface area contributed by atoms with E-state index in [2.05, 4.69) is 42.7 Å². The molecule has 2 amide bonds. The molecule has 0 aromatic heterocycles. The highest BCUT2D eigenvalue weighted by atomic mass is 79.9. The van der Waals surface area contributed by atoms with Crippen LogP contribution in [0.1, 0.15) is 23.7 Å². The van der Waals surface area contributed by atoms with E-state index in [4.69, 9.17) is 0 Å². The highest BCUT2D eigenvalue weighted by molar-refractivity contribution is 9.10. The van der Waals surface area contributed by atoms with Crippen molar-refractivity contribution in [3.63, 3.8) is 0 Å². The van der Waals surface area contributed by atoms with Gasteiger partial charge >= 0.3 is 0 Å². The minimum Gasteiger partial charge on any atom is -0.273 e. The van der Waals surface area contributed by atoms with Crippen molar-refractivity contribution in [1.29, 1.82) is 0 Å². The summed E-state index contributed by atoms with van der Waals surface area (Å²) in [7, 11) is 0. The number of halogens is 2. The van der Waals surface area contributed by atoms with E-state index in [0.717, 1.165) is 10.9 Å². The molecule has 0 aliphatic heterocycles. The zero-order valence-electron chi connectivity index (χ0n) is 9.67. The van der Waals surface area contributed by atoms with Crippen LogP contribution in [0.3, 0.4) is 0 Å². The van der Waals surface area contributed by atoms with Crippen molar-refractivity contribution < 1.29 is 9.59 Å². The smallest absolute Gasteiger partial charge is 0.269 e. The molecule has 4 nitrogen and oxygen atoms in total. The van der Waals surface area contributed by atoms with Gasteiger partial charge in [-0.1, -0.05) is 31.9 Å². The molecule has 0 unspecified atom stereocenters.